The third-order valence-corrected chi connectivity index (χ3v) is 3.43. The monoisotopic (exact) mass is 288 g/mol. The number of hydrogen-bond acceptors (Lipinski definition) is 3. The Bertz CT molecular complexity index is 589. The number of aryl methyl sites for hydroxylation is 1. The van der Waals surface area contributed by atoms with Crippen LogP contribution in [-0.4, -0.2) is 28.6 Å². The van der Waals surface area contributed by atoms with Crippen molar-refractivity contribution < 1.29 is 9.50 Å². The van der Waals surface area contributed by atoms with Crippen LogP contribution in [0.25, 0.3) is 0 Å². The van der Waals surface area contributed by atoms with Gasteiger partial charge in [0.2, 0.25) is 0 Å². The summed E-state index contributed by atoms with van der Waals surface area (Å²) in [5, 5.41) is 10.1. The van der Waals surface area contributed by atoms with Crippen molar-refractivity contribution >= 4 is 0 Å². The maximum atomic E-state index is 13.6. The van der Waals surface area contributed by atoms with Gasteiger partial charge >= 0.3 is 0 Å². The Morgan fingerprint density at radius 2 is 1.95 bits per heavy atom. The molecule has 112 valence electrons. The molecule has 1 N–H and O–H groups in total. The predicted molar refractivity (Wildman–Crippen MR) is 81.3 cm³/mol. The van der Waals surface area contributed by atoms with Gasteiger partial charge in [-0.3, -0.25) is 4.98 Å². The van der Waals surface area contributed by atoms with Crippen LogP contribution in [0, 0.1) is 12.7 Å². The zero-order valence-corrected chi connectivity index (χ0v) is 12.5. The zero-order valence-electron chi connectivity index (χ0n) is 12.5. The molecule has 1 atom stereocenters. The molecule has 1 heterocycles. The highest BCUT2D eigenvalue weighted by Crippen LogP contribution is 2.20. The third kappa shape index (κ3) is 4.62. The topological polar surface area (TPSA) is 36.4 Å². The summed E-state index contributed by atoms with van der Waals surface area (Å²) in [5.74, 6) is -0.354. The van der Waals surface area contributed by atoms with Gasteiger partial charge in [-0.15, -0.1) is 0 Å². The second kappa shape index (κ2) is 7.29. The average molecular weight is 288 g/mol. The number of aliphatic hydroxyl groups is 1. The molecule has 2 rings (SSSR count). The minimum absolute atomic E-state index is 0.354. The molecule has 3 nitrogen and oxygen atoms in total. The first-order chi connectivity index (χ1) is 10.1. The highest BCUT2D eigenvalue weighted by molar-refractivity contribution is 5.19. The molecule has 0 aliphatic carbocycles. The Morgan fingerprint density at radius 1 is 1.19 bits per heavy atom. The molecule has 0 saturated heterocycles. The molecule has 4 heteroatoms. The summed E-state index contributed by atoms with van der Waals surface area (Å²) in [6.45, 7) is 3.35. The first-order valence-corrected chi connectivity index (χ1v) is 7.10. The average Bonchev–Trinajstić information content (AvgIpc) is 2.45. The number of nitrogens with zero attached hydrogens (tertiary/aromatic N) is 2. The number of halogens is 1. The summed E-state index contributed by atoms with van der Waals surface area (Å²) in [5.41, 5.74) is 2.35. The van der Waals surface area contributed by atoms with Gasteiger partial charge in [-0.2, -0.15) is 0 Å². The van der Waals surface area contributed by atoms with E-state index in [1.807, 2.05) is 32.2 Å². The van der Waals surface area contributed by atoms with E-state index in [0.29, 0.717) is 25.1 Å². The summed E-state index contributed by atoms with van der Waals surface area (Å²) >= 11 is 0. The second-order valence-corrected chi connectivity index (χ2v) is 5.33. The molecule has 0 amide bonds. The van der Waals surface area contributed by atoms with E-state index < -0.39 is 6.10 Å². The zero-order chi connectivity index (χ0) is 15.2. The highest BCUT2D eigenvalue weighted by Gasteiger charge is 2.13. The Balaban J connectivity index is 1.86. The second-order valence-electron chi connectivity index (χ2n) is 5.33. The van der Waals surface area contributed by atoms with E-state index in [1.165, 1.54) is 6.07 Å². The van der Waals surface area contributed by atoms with E-state index in [9.17, 15) is 9.50 Å². The fourth-order valence-electron chi connectivity index (χ4n) is 2.29. The molecule has 21 heavy (non-hydrogen) atoms. The van der Waals surface area contributed by atoms with E-state index in [0.717, 1.165) is 11.4 Å². The molecule has 1 aromatic carbocycles. The molecule has 0 fully saturated rings. The van der Waals surface area contributed by atoms with Crippen LogP contribution in [0.3, 0.4) is 0 Å². The maximum absolute atomic E-state index is 13.6. The van der Waals surface area contributed by atoms with Crippen LogP contribution in [0.4, 0.5) is 4.39 Å². The van der Waals surface area contributed by atoms with Gasteiger partial charge in [0.1, 0.15) is 5.82 Å². The summed E-state index contributed by atoms with van der Waals surface area (Å²) in [7, 11) is 1.97. The smallest absolute Gasteiger partial charge is 0.128 e. The Hall–Kier alpha value is -1.78. The molecule has 0 bridgehead atoms. The number of pyridine rings is 1. The van der Waals surface area contributed by atoms with Crippen molar-refractivity contribution in [2.24, 2.45) is 0 Å². The highest BCUT2D eigenvalue weighted by atomic mass is 19.1. The van der Waals surface area contributed by atoms with E-state index >= 15 is 0 Å². The lowest BCUT2D eigenvalue weighted by molar-refractivity contribution is 0.143. The van der Waals surface area contributed by atoms with Crippen LogP contribution >= 0.6 is 0 Å². The van der Waals surface area contributed by atoms with Crippen LogP contribution in [0.5, 0.6) is 0 Å². The molecule has 1 unspecified atom stereocenters. The van der Waals surface area contributed by atoms with Gasteiger partial charge in [0.25, 0.3) is 0 Å². The minimum atomic E-state index is -0.779. The van der Waals surface area contributed by atoms with Crippen molar-refractivity contribution in [2.45, 2.75) is 26.0 Å². The molecule has 0 aliphatic rings. The summed E-state index contributed by atoms with van der Waals surface area (Å²) in [4.78, 5) is 6.52. The van der Waals surface area contributed by atoms with Crippen LogP contribution in [0.1, 0.15) is 29.5 Å². The van der Waals surface area contributed by atoms with Crippen molar-refractivity contribution in [1.29, 1.82) is 0 Å². The fraction of sp³-hybridized carbons (Fsp3) is 0.353. The van der Waals surface area contributed by atoms with Gasteiger partial charge in [-0.1, -0.05) is 24.3 Å². The lowest BCUT2D eigenvalue weighted by Crippen LogP contribution is -2.21. The standard InChI is InChI=1S/C17H21FN2O/c1-13-6-5-7-14(19-13)12-20(2)11-10-17(21)15-8-3-4-9-16(15)18/h3-9,17,21H,10-12H2,1-2H3. The number of benzene rings is 1. The largest absolute Gasteiger partial charge is 0.388 e. The van der Waals surface area contributed by atoms with E-state index in [4.69, 9.17) is 0 Å². The van der Waals surface area contributed by atoms with Crippen molar-refractivity contribution in [3.8, 4) is 0 Å². The number of aromatic nitrogens is 1. The Labute approximate surface area is 125 Å². The summed E-state index contributed by atoms with van der Waals surface area (Å²) in [6.07, 6.45) is -0.289. The minimum Gasteiger partial charge on any atom is -0.388 e. The molecular formula is C17H21FN2O. The van der Waals surface area contributed by atoms with E-state index in [1.54, 1.807) is 18.2 Å². The first kappa shape index (κ1) is 15.6. The van der Waals surface area contributed by atoms with Gasteiger partial charge in [-0.25, -0.2) is 4.39 Å². The van der Waals surface area contributed by atoms with Crippen molar-refractivity contribution in [3.05, 3.63) is 65.2 Å². The van der Waals surface area contributed by atoms with Crippen LogP contribution in [0.15, 0.2) is 42.5 Å². The van der Waals surface area contributed by atoms with Crippen molar-refractivity contribution in [3.63, 3.8) is 0 Å². The molecule has 0 aliphatic heterocycles. The number of hydrogen-bond donors (Lipinski definition) is 1. The van der Waals surface area contributed by atoms with Gasteiger partial charge in [0.15, 0.2) is 0 Å². The molecular weight excluding hydrogens is 267 g/mol. The third-order valence-electron chi connectivity index (χ3n) is 3.43. The van der Waals surface area contributed by atoms with Gasteiger partial charge in [0, 0.05) is 24.3 Å². The normalized spacial score (nSPS) is 12.6. The van der Waals surface area contributed by atoms with Crippen LogP contribution in [-0.2, 0) is 6.54 Å². The summed E-state index contributed by atoms with van der Waals surface area (Å²) in [6, 6.07) is 12.3. The quantitative estimate of drug-likeness (QED) is 0.887. The van der Waals surface area contributed by atoms with Crippen molar-refractivity contribution in [1.82, 2.24) is 9.88 Å². The SMILES string of the molecule is Cc1cccc(CN(C)CCC(O)c2ccccc2F)n1. The maximum Gasteiger partial charge on any atom is 0.128 e. The number of rotatable bonds is 6. The lowest BCUT2D eigenvalue weighted by atomic mass is 10.1. The summed E-state index contributed by atoms with van der Waals surface area (Å²) < 4.78 is 13.6. The van der Waals surface area contributed by atoms with E-state index in [2.05, 4.69) is 9.88 Å². The lowest BCUT2D eigenvalue weighted by Gasteiger charge is -2.19. The molecule has 0 radical (unpaired) electrons. The molecule has 1 aromatic heterocycles. The molecule has 2 aromatic rings. The Morgan fingerprint density at radius 3 is 2.67 bits per heavy atom. The molecule has 0 spiro atoms. The number of aliphatic hydroxyl groups excluding tert-OH is 1. The Kier molecular flexibility index (Phi) is 5.42. The first-order valence-electron chi connectivity index (χ1n) is 7.10. The van der Waals surface area contributed by atoms with E-state index in [-0.39, 0.29) is 5.82 Å². The van der Waals surface area contributed by atoms with Gasteiger partial charge < -0.3 is 10.0 Å². The molecule has 0 saturated carbocycles. The van der Waals surface area contributed by atoms with Crippen LogP contribution < -0.4 is 0 Å². The van der Waals surface area contributed by atoms with Gasteiger partial charge in [-0.05, 0) is 38.6 Å². The predicted octanol–water partition coefficient (Wildman–Crippen LogP) is 3.08. The fourth-order valence-corrected chi connectivity index (χ4v) is 2.29. The van der Waals surface area contributed by atoms with Crippen LogP contribution in [0.2, 0.25) is 0 Å². The van der Waals surface area contributed by atoms with Gasteiger partial charge in [0.05, 0.1) is 11.8 Å². The van der Waals surface area contributed by atoms with Crippen molar-refractivity contribution in [2.75, 3.05) is 13.6 Å².